The summed E-state index contributed by atoms with van der Waals surface area (Å²) in [7, 11) is -3.01. The van der Waals surface area contributed by atoms with Crippen LogP contribution >= 0.6 is 0 Å². The smallest absolute Gasteiger partial charge is 0.211 e. The minimum atomic E-state index is -3.01. The van der Waals surface area contributed by atoms with Crippen LogP contribution in [-0.4, -0.2) is 31.6 Å². The maximum atomic E-state index is 11.6. The summed E-state index contributed by atoms with van der Waals surface area (Å²) in [6.07, 6.45) is 5.76. The summed E-state index contributed by atoms with van der Waals surface area (Å²) in [6, 6.07) is 0.271. The van der Waals surface area contributed by atoms with Crippen molar-refractivity contribution >= 4 is 10.0 Å². The number of hydrogen-bond acceptors (Lipinski definition) is 2. The molecule has 0 spiro atoms. The molecule has 84 valence electrons. The van der Waals surface area contributed by atoms with Gasteiger partial charge < -0.3 is 0 Å². The molecule has 1 aliphatic rings. The zero-order valence-corrected chi connectivity index (χ0v) is 10.2. The van der Waals surface area contributed by atoms with Crippen molar-refractivity contribution in [2.75, 3.05) is 12.8 Å². The van der Waals surface area contributed by atoms with E-state index in [-0.39, 0.29) is 6.04 Å². The van der Waals surface area contributed by atoms with Crippen LogP contribution in [0.1, 0.15) is 39.5 Å². The molecular formula is C10H21NO2S. The van der Waals surface area contributed by atoms with Crippen molar-refractivity contribution in [3.63, 3.8) is 0 Å². The van der Waals surface area contributed by atoms with Gasteiger partial charge in [0.15, 0.2) is 0 Å². The second-order valence-corrected chi connectivity index (χ2v) is 6.60. The predicted molar refractivity (Wildman–Crippen MR) is 58.6 cm³/mol. The molecule has 0 atom stereocenters. The lowest BCUT2D eigenvalue weighted by molar-refractivity contribution is 0.294. The molecule has 0 N–H and O–H groups in total. The Balaban J connectivity index is 2.71. The first-order chi connectivity index (χ1) is 6.41. The molecule has 0 bridgehead atoms. The molecule has 0 aromatic heterocycles. The highest BCUT2D eigenvalue weighted by atomic mass is 32.2. The van der Waals surface area contributed by atoms with Crippen LogP contribution in [-0.2, 0) is 10.0 Å². The highest BCUT2D eigenvalue weighted by Gasteiger charge is 2.29. The zero-order chi connectivity index (χ0) is 10.8. The minimum absolute atomic E-state index is 0.271. The number of hydrogen-bond donors (Lipinski definition) is 0. The lowest BCUT2D eigenvalue weighted by Crippen LogP contribution is -2.40. The number of nitrogens with zero attached hydrogens (tertiary/aromatic N) is 1. The van der Waals surface area contributed by atoms with Gasteiger partial charge in [-0.1, -0.05) is 26.7 Å². The normalized spacial score (nSPS) is 19.8. The molecule has 1 aliphatic carbocycles. The molecule has 0 saturated heterocycles. The molecule has 0 amide bonds. The summed E-state index contributed by atoms with van der Waals surface area (Å²) in [4.78, 5) is 0. The third-order valence-electron chi connectivity index (χ3n) is 2.70. The van der Waals surface area contributed by atoms with Gasteiger partial charge >= 0.3 is 0 Å². The molecule has 0 heterocycles. The fourth-order valence-electron chi connectivity index (χ4n) is 2.11. The third-order valence-corrected chi connectivity index (χ3v) is 4.00. The van der Waals surface area contributed by atoms with E-state index in [1.807, 2.05) is 0 Å². The van der Waals surface area contributed by atoms with Gasteiger partial charge in [0.05, 0.1) is 6.26 Å². The van der Waals surface area contributed by atoms with E-state index in [0.717, 1.165) is 12.8 Å². The van der Waals surface area contributed by atoms with E-state index in [1.54, 1.807) is 4.31 Å². The van der Waals surface area contributed by atoms with E-state index < -0.39 is 10.0 Å². The highest BCUT2D eigenvalue weighted by Crippen LogP contribution is 2.25. The molecule has 1 fully saturated rings. The fourth-order valence-corrected chi connectivity index (χ4v) is 3.43. The van der Waals surface area contributed by atoms with Crippen LogP contribution in [0.5, 0.6) is 0 Å². The topological polar surface area (TPSA) is 37.4 Å². The lowest BCUT2D eigenvalue weighted by Gasteiger charge is -2.27. The van der Waals surface area contributed by atoms with Crippen LogP contribution in [0.2, 0.25) is 0 Å². The van der Waals surface area contributed by atoms with Crippen molar-refractivity contribution in [3.05, 3.63) is 0 Å². The lowest BCUT2D eigenvalue weighted by atomic mass is 10.2. The average molecular weight is 219 g/mol. The molecule has 1 rings (SSSR count). The Morgan fingerprint density at radius 3 is 2.14 bits per heavy atom. The average Bonchev–Trinajstić information content (AvgIpc) is 2.49. The second-order valence-electron chi connectivity index (χ2n) is 4.66. The standard InChI is InChI=1S/C10H21NO2S/c1-9(2)8-11(14(3,12)13)10-6-4-5-7-10/h9-10H,4-8H2,1-3H3. The van der Waals surface area contributed by atoms with Gasteiger partial charge in [-0.05, 0) is 18.8 Å². The van der Waals surface area contributed by atoms with Crippen LogP contribution < -0.4 is 0 Å². The first kappa shape index (κ1) is 12.0. The SMILES string of the molecule is CC(C)CN(C1CCCC1)S(C)(=O)=O. The Bertz CT molecular complexity index is 266. The molecular weight excluding hydrogens is 198 g/mol. The zero-order valence-electron chi connectivity index (χ0n) is 9.36. The molecule has 4 heteroatoms. The Labute approximate surface area is 87.5 Å². The van der Waals surface area contributed by atoms with E-state index >= 15 is 0 Å². The highest BCUT2D eigenvalue weighted by molar-refractivity contribution is 7.88. The van der Waals surface area contributed by atoms with E-state index in [4.69, 9.17) is 0 Å². The third kappa shape index (κ3) is 3.24. The molecule has 0 aromatic rings. The maximum Gasteiger partial charge on any atom is 0.211 e. The molecule has 1 saturated carbocycles. The van der Waals surface area contributed by atoms with Crippen molar-refractivity contribution in [3.8, 4) is 0 Å². The number of sulfonamides is 1. The van der Waals surface area contributed by atoms with Crippen LogP contribution in [0.25, 0.3) is 0 Å². The van der Waals surface area contributed by atoms with Crippen molar-refractivity contribution in [1.29, 1.82) is 0 Å². The summed E-state index contributed by atoms with van der Waals surface area (Å²) < 4.78 is 24.9. The van der Waals surface area contributed by atoms with Crippen LogP contribution in [0, 0.1) is 5.92 Å². The Hall–Kier alpha value is -0.0900. The summed E-state index contributed by atoms with van der Waals surface area (Å²) in [6.45, 7) is 4.80. The van der Waals surface area contributed by atoms with Gasteiger partial charge in [0.25, 0.3) is 0 Å². The molecule has 0 radical (unpaired) electrons. The second kappa shape index (κ2) is 4.62. The van der Waals surface area contributed by atoms with Gasteiger partial charge in [-0.25, -0.2) is 8.42 Å². The first-order valence-electron chi connectivity index (χ1n) is 5.38. The quantitative estimate of drug-likeness (QED) is 0.723. The molecule has 0 unspecified atom stereocenters. The van der Waals surface area contributed by atoms with E-state index in [2.05, 4.69) is 13.8 Å². The van der Waals surface area contributed by atoms with Crippen molar-refractivity contribution < 1.29 is 8.42 Å². The molecule has 14 heavy (non-hydrogen) atoms. The summed E-state index contributed by atoms with van der Waals surface area (Å²) in [5.41, 5.74) is 0. The van der Waals surface area contributed by atoms with Gasteiger partial charge in [0, 0.05) is 12.6 Å². The molecule has 3 nitrogen and oxygen atoms in total. The summed E-state index contributed by atoms with van der Waals surface area (Å²) in [5.74, 6) is 0.408. The first-order valence-corrected chi connectivity index (χ1v) is 7.23. The summed E-state index contributed by atoms with van der Waals surface area (Å²) in [5, 5.41) is 0. The monoisotopic (exact) mass is 219 g/mol. The van der Waals surface area contributed by atoms with Crippen LogP contribution in [0.4, 0.5) is 0 Å². The largest absolute Gasteiger partial charge is 0.212 e. The van der Waals surface area contributed by atoms with Crippen molar-refractivity contribution in [2.24, 2.45) is 5.92 Å². The van der Waals surface area contributed by atoms with E-state index in [1.165, 1.54) is 19.1 Å². The van der Waals surface area contributed by atoms with Gasteiger partial charge in [-0.2, -0.15) is 4.31 Å². The van der Waals surface area contributed by atoms with E-state index in [0.29, 0.717) is 12.5 Å². The maximum absolute atomic E-state index is 11.6. The molecule has 0 aliphatic heterocycles. The Morgan fingerprint density at radius 1 is 1.29 bits per heavy atom. The Kier molecular flexibility index (Phi) is 3.95. The predicted octanol–water partition coefficient (Wildman–Crippen LogP) is 1.85. The summed E-state index contributed by atoms with van der Waals surface area (Å²) >= 11 is 0. The van der Waals surface area contributed by atoms with Crippen molar-refractivity contribution in [1.82, 2.24) is 4.31 Å². The van der Waals surface area contributed by atoms with Gasteiger partial charge in [0.1, 0.15) is 0 Å². The van der Waals surface area contributed by atoms with Gasteiger partial charge in [-0.15, -0.1) is 0 Å². The van der Waals surface area contributed by atoms with Crippen LogP contribution in [0.15, 0.2) is 0 Å². The van der Waals surface area contributed by atoms with Gasteiger partial charge in [-0.3, -0.25) is 0 Å². The van der Waals surface area contributed by atoms with Crippen LogP contribution in [0.3, 0.4) is 0 Å². The number of rotatable bonds is 4. The molecule has 0 aromatic carbocycles. The van der Waals surface area contributed by atoms with Crippen molar-refractivity contribution in [2.45, 2.75) is 45.6 Å². The van der Waals surface area contributed by atoms with E-state index in [9.17, 15) is 8.42 Å². The fraction of sp³-hybridized carbons (Fsp3) is 1.00. The van der Waals surface area contributed by atoms with Gasteiger partial charge in [0.2, 0.25) is 10.0 Å². The minimum Gasteiger partial charge on any atom is -0.212 e. The Morgan fingerprint density at radius 2 is 1.79 bits per heavy atom.